The van der Waals surface area contributed by atoms with E-state index in [2.05, 4.69) is 45.0 Å². The molecular weight excluding hydrogens is 368 g/mol. The zero-order chi connectivity index (χ0) is 20.6. The van der Waals surface area contributed by atoms with Crippen LogP contribution in [0.3, 0.4) is 0 Å². The minimum absolute atomic E-state index is 0.0170. The van der Waals surface area contributed by atoms with Crippen LogP contribution >= 0.6 is 0 Å². The summed E-state index contributed by atoms with van der Waals surface area (Å²) >= 11 is 0. The van der Waals surface area contributed by atoms with E-state index in [0.29, 0.717) is 22.3 Å². The van der Waals surface area contributed by atoms with E-state index in [1.54, 1.807) is 0 Å². The predicted molar refractivity (Wildman–Crippen MR) is 120 cm³/mol. The van der Waals surface area contributed by atoms with Crippen LogP contribution < -0.4 is 4.74 Å². The number of ether oxygens (including phenoxy) is 2. The van der Waals surface area contributed by atoms with Gasteiger partial charge in [0.25, 0.3) is 0 Å². The molecule has 2 heteroatoms. The minimum atomic E-state index is -0.0170. The molecule has 0 aliphatic heterocycles. The molecule has 0 saturated heterocycles. The molecule has 0 amide bonds. The van der Waals surface area contributed by atoms with Crippen LogP contribution in [0.1, 0.15) is 90.5 Å². The molecule has 0 bridgehead atoms. The second-order valence-corrected chi connectivity index (χ2v) is 12.6. The second kappa shape index (κ2) is 6.74. The third kappa shape index (κ3) is 2.71. The van der Waals surface area contributed by atoms with Gasteiger partial charge >= 0.3 is 0 Å². The fourth-order valence-corrected chi connectivity index (χ4v) is 8.44. The summed E-state index contributed by atoms with van der Waals surface area (Å²) in [6, 6.07) is 8.96. The maximum atomic E-state index is 6.84. The van der Waals surface area contributed by atoms with Gasteiger partial charge in [-0.15, -0.1) is 0 Å². The van der Waals surface area contributed by atoms with E-state index >= 15 is 0 Å². The Hall–Kier alpha value is -1.02. The third-order valence-corrected chi connectivity index (χ3v) is 9.90. The summed E-state index contributed by atoms with van der Waals surface area (Å²) in [6.07, 6.45) is 15.0. The van der Waals surface area contributed by atoms with Gasteiger partial charge in [-0.3, -0.25) is 0 Å². The molecule has 1 spiro atoms. The maximum absolute atomic E-state index is 6.84. The molecule has 3 atom stereocenters. The van der Waals surface area contributed by atoms with E-state index in [0.717, 1.165) is 29.9 Å². The van der Waals surface area contributed by atoms with Crippen molar-refractivity contribution in [3.8, 4) is 5.75 Å². The summed E-state index contributed by atoms with van der Waals surface area (Å²) in [5.41, 5.74) is 2.78. The van der Waals surface area contributed by atoms with Crippen LogP contribution in [0.2, 0.25) is 0 Å². The lowest BCUT2D eigenvalue weighted by atomic mass is 9.13. The normalized spacial score (nSPS) is 40.0. The Labute approximate surface area is 183 Å². The number of aryl methyl sites for hydroxylation is 1. The fraction of sp³-hybridized carbons (Fsp3) is 0.786. The number of benzene rings is 1. The Kier molecular flexibility index (Phi) is 4.41. The van der Waals surface area contributed by atoms with Crippen molar-refractivity contribution in [2.75, 3.05) is 0 Å². The van der Waals surface area contributed by atoms with Crippen LogP contribution in [-0.4, -0.2) is 12.4 Å². The van der Waals surface area contributed by atoms with Crippen molar-refractivity contribution >= 4 is 0 Å². The average molecular weight is 409 g/mol. The highest BCUT2D eigenvalue weighted by molar-refractivity contribution is 5.37. The van der Waals surface area contributed by atoms with Crippen molar-refractivity contribution < 1.29 is 9.47 Å². The molecule has 3 unspecified atom stereocenters. The van der Waals surface area contributed by atoms with Crippen molar-refractivity contribution in [2.45, 2.75) is 104 Å². The number of rotatable bonds is 7. The molecule has 5 fully saturated rings. The standard InChI is InChI=1S/C28H40O2/c1-26(2,3)14-13-19-9-11-24(12-10-19)30-25(29-23-7-5-4-6-8-23)27-17-21-15-20-16-22(18-27)28(20,21)27/h9-12,20-23,25H,4-8,13-18H2,1-3H3. The lowest BCUT2D eigenvalue weighted by molar-refractivity contribution is -0.474. The Morgan fingerprint density at radius 2 is 1.60 bits per heavy atom. The maximum Gasteiger partial charge on any atom is 0.206 e. The van der Waals surface area contributed by atoms with E-state index in [1.165, 1.54) is 69.8 Å². The highest BCUT2D eigenvalue weighted by Crippen LogP contribution is 2.93. The summed E-state index contributed by atoms with van der Waals surface area (Å²) in [6.45, 7) is 6.97. The summed E-state index contributed by atoms with van der Waals surface area (Å²) in [5.74, 6) is 4.01. The number of hydrogen-bond acceptors (Lipinski definition) is 2. The van der Waals surface area contributed by atoms with Crippen LogP contribution in [0, 0.1) is 34.0 Å². The van der Waals surface area contributed by atoms with E-state index in [-0.39, 0.29) is 6.29 Å². The van der Waals surface area contributed by atoms with Crippen molar-refractivity contribution in [2.24, 2.45) is 34.0 Å². The van der Waals surface area contributed by atoms with Crippen LogP contribution in [0.4, 0.5) is 0 Å². The first kappa shape index (κ1) is 19.6. The smallest absolute Gasteiger partial charge is 0.206 e. The molecule has 0 N–H and O–H groups in total. The molecule has 6 rings (SSSR count). The first-order valence-electron chi connectivity index (χ1n) is 12.8. The average Bonchev–Trinajstić information content (AvgIpc) is 2.65. The molecule has 5 saturated carbocycles. The molecule has 0 heterocycles. The van der Waals surface area contributed by atoms with Crippen LogP contribution in [0.5, 0.6) is 5.75 Å². The van der Waals surface area contributed by atoms with Crippen LogP contribution in [-0.2, 0) is 11.2 Å². The Morgan fingerprint density at radius 3 is 2.17 bits per heavy atom. The zero-order valence-electron chi connectivity index (χ0n) is 19.3. The molecule has 30 heavy (non-hydrogen) atoms. The van der Waals surface area contributed by atoms with Gasteiger partial charge in [0.05, 0.1) is 6.10 Å². The van der Waals surface area contributed by atoms with E-state index in [1.807, 2.05) is 0 Å². The van der Waals surface area contributed by atoms with Gasteiger partial charge in [-0.25, -0.2) is 0 Å². The topological polar surface area (TPSA) is 18.5 Å². The Bertz CT molecular complexity index is 756. The summed E-state index contributed by atoms with van der Waals surface area (Å²) < 4.78 is 13.6. The van der Waals surface area contributed by atoms with Gasteiger partial charge in [0.15, 0.2) is 0 Å². The van der Waals surface area contributed by atoms with E-state index in [9.17, 15) is 0 Å². The van der Waals surface area contributed by atoms with Gasteiger partial charge < -0.3 is 9.47 Å². The Morgan fingerprint density at radius 1 is 0.933 bits per heavy atom. The van der Waals surface area contributed by atoms with Crippen molar-refractivity contribution in [3.63, 3.8) is 0 Å². The van der Waals surface area contributed by atoms with Gasteiger partial charge in [0.2, 0.25) is 6.29 Å². The minimum Gasteiger partial charge on any atom is -0.464 e. The quantitative estimate of drug-likeness (QED) is 0.446. The van der Waals surface area contributed by atoms with E-state index in [4.69, 9.17) is 9.47 Å². The molecule has 0 aromatic heterocycles. The molecule has 1 aromatic carbocycles. The summed E-state index contributed by atoms with van der Waals surface area (Å²) in [7, 11) is 0. The van der Waals surface area contributed by atoms with Gasteiger partial charge in [-0.2, -0.15) is 0 Å². The first-order valence-corrected chi connectivity index (χ1v) is 12.8. The van der Waals surface area contributed by atoms with Crippen LogP contribution in [0.25, 0.3) is 0 Å². The first-order chi connectivity index (χ1) is 14.4. The molecule has 1 aromatic rings. The van der Waals surface area contributed by atoms with Gasteiger partial charge in [-0.05, 0) is 97.6 Å². The predicted octanol–water partition coefficient (Wildman–Crippen LogP) is 7.16. The zero-order valence-corrected chi connectivity index (χ0v) is 19.3. The van der Waals surface area contributed by atoms with Crippen molar-refractivity contribution in [1.29, 1.82) is 0 Å². The SMILES string of the molecule is CC(C)(C)CCc1ccc(OC(OC2CCCCC2)C23CC4CC5CC(C2)C543)cc1. The van der Waals surface area contributed by atoms with Gasteiger partial charge in [0, 0.05) is 5.41 Å². The highest BCUT2D eigenvalue weighted by atomic mass is 16.7. The van der Waals surface area contributed by atoms with Crippen molar-refractivity contribution in [1.82, 2.24) is 0 Å². The largest absolute Gasteiger partial charge is 0.464 e. The lowest BCUT2D eigenvalue weighted by Crippen LogP contribution is -2.88. The van der Waals surface area contributed by atoms with E-state index < -0.39 is 0 Å². The summed E-state index contributed by atoms with van der Waals surface area (Å²) in [5, 5.41) is 0. The Balaban J connectivity index is 1.18. The highest BCUT2D eigenvalue weighted by Gasteiger charge is 2.90. The lowest BCUT2D eigenvalue weighted by Gasteiger charge is -2.91. The molecule has 5 aliphatic carbocycles. The molecule has 0 radical (unpaired) electrons. The third-order valence-electron chi connectivity index (χ3n) is 9.90. The monoisotopic (exact) mass is 408 g/mol. The van der Waals surface area contributed by atoms with Crippen LogP contribution in [0.15, 0.2) is 24.3 Å². The molecular formula is C28H40O2. The van der Waals surface area contributed by atoms with Gasteiger partial charge in [0.1, 0.15) is 5.75 Å². The van der Waals surface area contributed by atoms with Gasteiger partial charge in [-0.1, -0.05) is 52.2 Å². The molecule has 2 nitrogen and oxygen atoms in total. The van der Waals surface area contributed by atoms with Crippen molar-refractivity contribution in [3.05, 3.63) is 29.8 Å². The number of hydrogen-bond donors (Lipinski definition) is 0. The summed E-state index contributed by atoms with van der Waals surface area (Å²) in [4.78, 5) is 0. The molecule has 164 valence electrons. The second-order valence-electron chi connectivity index (χ2n) is 12.6. The molecule has 5 aliphatic rings. The fourth-order valence-electron chi connectivity index (χ4n) is 8.44.